The average Bonchev–Trinajstić information content (AvgIpc) is 2.51. The van der Waals surface area contributed by atoms with Crippen molar-refractivity contribution < 1.29 is 0 Å². The zero-order valence-corrected chi connectivity index (χ0v) is 10.4. The van der Waals surface area contributed by atoms with Gasteiger partial charge in [0.15, 0.2) is 0 Å². The van der Waals surface area contributed by atoms with Crippen molar-refractivity contribution in [1.29, 1.82) is 5.26 Å². The largest absolute Gasteiger partial charge is 0.198 e. The Morgan fingerprint density at radius 2 is 2.29 bits per heavy atom. The molecule has 0 saturated heterocycles. The van der Waals surface area contributed by atoms with Crippen molar-refractivity contribution in [2.24, 2.45) is 0 Å². The van der Waals surface area contributed by atoms with E-state index in [1.807, 2.05) is 17.5 Å². The van der Waals surface area contributed by atoms with E-state index < -0.39 is 0 Å². The van der Waals surface area contributed by atoms with Crippen molar-refractivity contribution in [3.63, 3.8) is 0 Å². The van der Waals surface area contributed by atoms with Gasteiger partial charge in [0, 0.05) is 14.1 Å². The maximum absolute atomic E-state index is 8.65. The van der Waals surface area contributed by atoms with Gasteiger partial charge in [-0.3, -0.25) is 0 Å². The molecule has 0 unspecified atom stereocenters. The first-order valence-electron chi connectivity index (χ1n) is 3.98. The molecule has 1 aromatic carbocycles. The van der Waals surface area contributed by atoms with Gasteiger partial charge < -0.3 is 0 Å². The number of benzene rings is 1. The van der Waals surface area contributed by atoms with Crippen LogP contribution in [0.3, 0.4) is 0 Å². The van der Waals surface area contributed by atoms with E-state index >= 15 is 0 Å². The molecule has 0 saturated carbocycles. The number of rotatable bonds is 1. The predicted molar refractivity (Wildman–Crippen MR) is 66.1 cm³/mol. The summed E-state index contributed by atoms with van der Waals surface area (Å²) in [6, 6.07) is 6.22. The number of halogens is 1. The molecular formula is C10H6BrNS2. The second-order valence-electron chi connectivity index (χ2n) is 2.90. The molecule has 2 aromatic rings. The van der Waals surface area contributed by atoms with E-state index in [0.29, 0.717) is 6.42 Å². The third kappa shape index (κ3) is 1.68. The Morgan fingerprint density at radius 3 is 3.00 bits per heavy atom. The summed E-state index contributed by atoms with van der Waals surface area (Å²) in [6.45, 7) is 0. The number of thiophene rings is 1. The summed E-state index contributed by atoms with van der Waals surface area (Å²) < 4.78 is 2.16. The molecular weight excluding hydrogens is 278 g/mol. The Balaban J connectivity index is 2.69. The fourth-order valence-electron chi connectivity index (χ4n) is 1.31. The maximum atomic E-state index is 8.65. The lowest BCUT2D eigenvalue weighted by molar-refractivity contribution is 1.30. The zero-order valence-electron chi connectivity index (χ0n) is 7.12. The lowest BCUT2D eigenvalue weighted by atomic mass is 10.1. The van der Waals surface area contributed by atoms with Gasteiger partial charge in [0.1, 0.15) is 0 Å². The molecule has 0 aliphatic rings. The Morgan fingerprint density at radius 1 is 1.50 bits per heavy atom. The highest BCUT2D eigenvalue weighted by atomic mass is 79.9. The van der Waals surface area contributed by atoms with Crippen molar-refractivity contribution in [3.05, 3.63) is 27.5 Å². The standard InChI is InChI=1S/C10H6BrNS2/c11-8-3-7-6(1-2-12)5-14-10(7)4-9(8)13/h3-5,13H,1H2. The molecule has 1 heterocycles. The molecule has 0 aliphatic carbocycles. The number of nitrogens with zero attached hydrogens (tertiary/aromatic N) is 1. The summed E-state index contributed by atoms with van der Waals surface area (Å²) in [7, 11) is 0. The van der Waals surface area contributed by atoms with Crippen LogP contribution >= 0.6 is 39.9 Å². The van der Waals surface area contributed by atoms with Gasteiger partial charge in [-0.1, -0.05) is 0 Å². The van der Waals surface area contributed by atoms with Gasteiger partial charge in [-0.2, -0.15) is 5.26 Å². The first kappa shape index (κ1) is 10.0. The van der Waals surface area contributed by atoms with Crippen molar-refractivity contribution in [2.45, 2.75) is 11.3 Å². The fourth-order valence-corrected chi connectivity index (χ4v) is 2.92. The summed E-state index contributed by atoms with van der Waals surface area (Å²) in [4.78, 5) is 0.933. The molecule has 0 aliphatic heterocycles. The Kier molecular flexibility index (Phi) is 2.82. The second-order valence-corrected chi connectivity index (χ2v) is 5.14. The molecule has 0 spiro atoms. The summed E-state index contributed by atoms with van der Waals surface area (Å²) in [6.07, 6.45) is 0.471. The lowest BCUT2D eigenvalue weighted by Gasteiger charge is -1.98. The molecule has 0 atom stereocenters. The average molecular weight is 284 g/mol. The van der Waals surface area contributed by atoms with Crippen molar-refractivity contribution in [2.75, 3.05) is 0 Å². The van der Waals surface area contributed by atoms with Crippen LogP contribution in [0.1, 0.15) is 5.56 Å². The minimum Gasteiger partial charge on any atom is -0.198 e. The van der Waals surface area contributed by atoms with Crippen LogP contribution in [0, 0.1) is 11.3 Å². The van der Waals surface area contributed by atoms with Crippen molar-refractivity contribution in [1.82, 2.24) is 0 Å². The topological polar surface area (TPSA) is 23.8 Å². The molecule has 0 radical (unpaired) electrons. The van der Waals surface area contributed by atoms with Crippen LogP contribution in [0.2, 0.25) is 0 Å². The number of hydrogen-bond donors (Lipinski definition) is 1. The van der Waals surface area contributed by atoms with Gasteiger partial charge in [0.05, 0.1) is 12.5 Å². The van der Waals surface area contributed by atoms with Gasteiger partial charge in [0.25, 0.3) is 0 Å². The molecule has 0 amide bonds. The molecule has 14 heavy (non-hydrogen) atoms. The Hall–Kier alpha value is -0.500. The molecule has 0 bridgehead atoms. The summed E-state index contributed by atoms with van der Waals surface area (Å²) in [5.41, 5.74) is 1.10. The van der Waals surface area contributed by atoms with Crippen LogP contribution in [0.15, 0.2) is 26.9 Å². The highest BCUT2D eigenvalue weighted by molar-refractivity contribution is 9.10. The van der Waals surface area contributed by atoms with Gasteiger partial charge in [-0.25, -0.2) is 0 Å². The number of nitriles is 1. The van der Waals surface area contributed by atoms with Gasteiger partial charge in [0.2, 0.25) is 0 Å². The highest BCUT2D eigenvalue weighted by Gasteiger charge is 2.06. The Labute approximate surface area is 99.9 Å². The Bertz CT molecular complexity index is 525. The minimum atomic E-state index is 0.471. The summed E-state index contributed by atoms with van der Waals surface area (Å²) >= 11 is 9.42. The quantitative estimate of drug-likeness (QED) is 0.786. The molecule has 4 heteroatoms. The molecule has 70 valence electrons. The molecule has 0 N–H and O–H groups in total. The van der Waals surface area contributed by atoms with Crippen LogP contribution in [0.5, 0.6) is 0 Å². The number of thiol groups is 1. The SMILES string of the molecule is N#CCc1csc2cc(S)c(Br)cc12. The smallest absolute Gasteiger partial charge is 0.0670 e. The molecule has 2 rings (SSSR count). The monoisotopic (exact) mass is 283 g/mol. The van der Waals surface area contributed by atoms with Crippen molar-refractivity contribution >= 4 is 50.0 Å². The number of hydrogen-bond acceptors (Lipinski definition) is 3. The van der Waals surface area contributed by atoms with E-state index in [1.54, 1.807) is 11.3 Å². The third-order valence-electron chi connectivity index (χ3n) is 1.99. The van der Waals surface area contributed by atoms with Gasteiger partial charge in [-0.05, 0) is 44.4 Å². The van der Waals surface area contributed by atoms with Crippen LogP contribution in [-0.4, -0.2) is 0 Å². The lowest BCUT2D eigenvalue weighted by Crippen LogP contribution is -1.78. The van der Waals surface area contributed by atoms with Gasteiger partial charge in [-0.15, -0.1) is 24.0 Å². The van der Waals surface area contributed by atoms with E-state index in [0.717, 1.165) is 20.3 Å². The number of fused-ring (bicyclic) bond motifs is 1. The van der Waals surface area contributed by atoms with Crippen LogP contribution in [-0.2, 0) is 6.42 Å². The highest BCUT2D eigenvalue weighted by Crippen LogP contribution is 2.33. The molecule has 0 fully saturated rings. The van der Waals surface area contributed by atoms with E-state index in [9.17, 15) is 0 Å². The van der Waals surface area contributed by atoms with Crippen molar-refractivity contribution in [3.8, 4) is 6.07 Å². The van der Waals surface area contributed by atoms with E-state index in [-0.39, 0.29) is 0 Å². The van der Waals surface area contributed by atoms with E-state index in [1.165, 1.54) is 4.70 Å². The van der Waals surface area contributed by atoms with E-state index in [2.05, 4.69) is 34.6 Å². The first-order chi connectivity index (χ1) is 6.72. The van der Waals surface area contributed by atoms with Crippen LogP contribution < -0.4 is 0 Å². The van der Waals surface area contributed by atoms with Crippen LogP contribution in [0.4, 0.5) is 0 Å². The third-order valence-corrected chi connectivity index (χ3v) is 4.32. The summed E-state index contributed by atoms with van der Waals surface area (Å²) in [5.74, 6) is 0. The molecule has 1 nitrogen and oxygen atoms in total. The maximum Gasteiger partial charge on any atom is 0.0670 e. The predicted octanol–water partition coefficient (Wildman–Crippen LogP) is 4.02. The van der Waals surface area contributed by atoms with Gasteiger partial charge >= 0.3 is 0 Å². The first-order valence-corrected chi connectivity index (χ1v) is 6.10. The van der Waals surface area contributed by atoms with Crippen LogP contribution in [0.25, 0.3) is 10.1 Å². The zero-order chi connectivity index (χ0) is 10.1. The minimum absolute atomic E-state index is 0.471. The summed E-state index contributed by atoms with van der Waals surface area (Å²) in [5, 5.41) is 11.8. The fraction of sp³-hybridized carbons (Fsp3) is 0.100. The molecule has 1 aromatic heterocycles. The second kappa shape index (κ2) is 3.93. The normalized spacial score (nSPS) is 10.4. The van der Waals surface area contributed by atoms with E-state index in [4.69, 9.17) is 5.26 Å².